The third-order valence-corrected chi connectivity index (χ3v) is 2.45. The Morgan fingerprint density at radius 1 is 1.56 bits per heavy atom. The van der Waals surface area contributed by atoms with E-state index in [1.165, 1.54) is 13.2 Å². The van der Waals surface area contributed by atoms with Crippen molar-refractivity contribution in [2.75, 3.05) is 0 Å². The van der Waals surface area contributed by atoms with Gasteiger partial charge in [0, 0.05) is 11.5 Å². The molecule has 1 unspecified atom stereocenters. The first kappa shape index (κ1) is 10.8. The molecule has 1 N–H and O–H groups in total. The summed E-state index contributed by atoms with van der Waals surface area (Å²) in [6.07, 6.45) is 0.579. The Bertz CT molecular complexity index is 532. The molecule has 0 aliphatic rings. The van der Waals surface area contributed by atoms with Crippen LogP contribution in [-0.4, -0.2) is 17.2 Å². The smallest absolute Gasteiger partial charge is 0.344 e. The Hall–Kier alpha value is -1.68. The first-order chi connectivity index (χ1) is 7.58. The Kier molecular flexibility index (Phi) is 2.75. The van der Waals surface area contributed by atoms with Crippen molar-refractivity contribution < 1.29 is 19.1 Å². The van der Waals surface area contributed by atoms with Crippen LogP contribution in [0.1, 0.15) is 6.92 Å². The van der Waals surface area contributed by atoms with Crippen LogP contribution in [0.4, 0.5) is 0 Å². The molecule has 1 atom stereocenters. The predicted molar refractivity (Wildman–Crippen MR) is 58.9 cm³/mol. The van der Waals surface area contributed by atoms with E-state index in [-0.39, 0.29) is 0 Å². The maximum atomic E-state index is 10.6. The number of fused-ring (bicyclic) bond motifs is 1. The van der Waals surface area contributed by atoms with Crippen LogP contribution >= 0.6 is 11.6 Å². The molecule has 0 spiro atoms. The molecule has 1 aromatic heterocycles. The van der Waals surface area contributed by atoms with Crippen LogP contribution in [0.5, 0.6) is 5.75 Å². The molecule has 2 aromatic rings. The average Bonchev–Trinajstić information content (AvgIpc) is 2.65. The fourth-order valence-electron chi connectivity index (χ4n) is 1.29. The van der Waals surface area contributed by atoms with Gasteiger partial charge in [-0.1, -0.05) is 11.6 Å². The van der Waals surface area contributed by atoms with Crippen molar-refractivity contribution in [3.8, 4) is 5.75 Å². The zero-order chi connectivity index (χ0) is 11.7. The number of aliphatic carboxylic acids is 1. The first-order valence-corrected chi connectivity index (χ1v) is 5.02. The summed E-state index contributed by atoms with van der Waals surface area (Å²) >= 11 is 5.95. The van der Waals surface area contributed by atoms with Gasteiger partial charge in [-0.15, -0.1) is 0 Å². The summed E-state index contributed by atoms with van der Waals surface area (Å²) in [5, 5.41) is 9.93. The maximum absolute atomic E-state index is 10.6. The van der Waals surface area contributed by atoms with Crippen LogP contribution in [-0.2, 0) is 4.79 Å². The highest BCUT2D eigenvalue weighted by atomic mass is 35.5. The normalized spacial score (nSPS) is 12.6. The van der Waals surface area contributed by atoms with E-state index in [1.807, 2.05) is 0 Å². The highest BCUT2D eigenvalue weighted by Gasteiger charge is 2.15. The standard InChI is InChI=1S/C11H9ClO4/c1-6(11(13)14)16-10-5-9-7(2-3-15-9)4-8(10)12/h2-6H,1H3,(H,13,14). The highest BCUT2D eigenvalue weighted by molar-refractivity contribution is 6.32. The molecule has 0 aliphatic carbocycles. The van der Waals surface area contributed by atoms with Gasteiger partial charge in [0.25, 0.3) is 0 Å². The fraction of sp³-hybridized carbons (Fsp3) is 0.182. The van der Waals surface area contributed by atoms with E-state index in [1.54, 1.807) is 18.2 Å². The third-order valence-electron chi connectivity index (χ3n) is 2.16. The molecule has 0 saturated heterocycles. The minimum atomic E-state index is -1.05. The van der Waals surface area contributed by atoms with E-state index in [9.17, 15) is 4.79 Å². The van der Waals surface area contributed by atoms with E-state index in [4.69, 9.17) is 25.9 Å². The van der Waals surface area contributed by atoms with Gasteiger partial charge in [0.05, 0.1) is 11.3 Å². The van der Waals surface area contributed by atoms with Gasteiger partial charge in [-0.05, 0) is 19.1 Å². The molecule has 0 bridgehead atoms. The molecule has 0 radical (unpaired) electrons. The first-order valence-electron chi connectivity index (χ1n) is 4.64. The Labute approximate surface area is 96.4 Å². The van der Waals surface area contributed by atoms with Gasteiger partial charge < -0.3 is 14.3 Å². The number of hydrogen-bond acceptors (Lipinski definition) is 3. The lowest BCUT2D eigenvalue weighted by Gasteiger charge is -2.11. The summed E-state index contributed by atoms with van der Waals surface area (Å²) in [5.41, 5.74) is 0.608. The SMILES string of the molecule is CC(Oc1cc2occc2cc1Cl)C(=O)O. The number of furan rings is 1. The van der Waals surface area contributed by atoms with E-state index in [0.717, 1.165) is 5.39 Å². The molecule has 0 amide bonds. The summed E-state index contributed by atoms with van der Waals surface area (Å²) in [7, 11) is 0. The van der Waals surface area contributed by atoms with Crippen LogP contribution < -0.4 is 4.74 Å². The lowest BCUT2D eigenvalue weighted by Crippen LogP contribution is -2.22. The van der Waals surface area contributed by atoms with E-state index < -0.39 is 12.1 Å². The minimum Gasteiger partial charge on any atom is -0.479 e. The second-order valence-corrected chi connectivity index (χ2v) is 3.75. The van der Waals surface area contributed by atoms with Crippen LogP contribution in [0.3, 0.4) is 0 Å². The van der Waals surface area contributed by atoms with Crippen molar-refractivity contribution in [2.24, 2.45) is 0 Å². The molecular weight excluding hydrogens is 232 g/mol. The third kappa shape index (κ3) is 1.97. The average molecular weight is 241 g/mol. The molecule has 0 saturated carbocycles. The zero-order valence-electron chi connectivity index (χ0n) is 8.44. The van der Waals surface area contributed by atoms with E-state index in [0.29, 0.717) is 16.4 Å². The van der Waals surface area contributed by atoms with E-state index in [2.05, 4.69) is 0 Å². The lowest BCUT2D eigenvalue weighted by molar-refractivity contribution is -0.144. The van der Waals surface area contributed by atoms with Crippen molar-refractivity contribution in [2.45, 2.75) is 13.0 Å². The van der Waals surface area contributed by atoms with Crippen LogP contribution in [0, 0.1) is 0 Å². The largest absolute Gasteiger partial charge is 0.479 e. The topological polar surface area (TPSA) is 59.7 Å². The van der Waals surface area contributed by atoms with Crippen molar-refractivity contribution in [3.63, 3.8) is 0 Å². The summed E-state index contributed by atoms with van der Waals surface area (Å²) in [6.45, 7) is 1.44. The Balaban J connectivity index is 2.36. The molecule has 1 heterocycles. The molecular formula is C11H9ClO4. The van der Waals surface area contributed by atoms with Gasteiger partial charge in [-0.3, -0.25) is 0 Å². The highest BCUT2D eigenvalue weighted by Crippen LogP contribution is 2.31. The van der Waals surface area contributed by atoms with Gasteiger partial charge in [-0.25, -0.2) is 4.79 Å². The quantitative estimate of drug-likeness (QED) is 0.896. The molecule has 0 fully saturated rings. The molecule has 4 nitrogen and oxygen atoms in total. The number of benzene rings is 1. The van der Waals surface area contributed by atoms with Gasteiger partial charge in [0.2, 0.25) is 0 Å². The number of ether oxygens (including phenoxy) is 1. The Morgan fingerprint density at radius 3 is 3.00 bits per heavy atom. The summed E-state index contributed by atoms with van der Waals surface area (Å²) < 4.78 is 10.4. The number of halogens is 1. The van der Waals surface area contributed by atoms with Crippen LogP contribution in [0.2, 0.25) is 5.02 Å². The van der Waals surface area contributed by atoms with Crippen molar-refractivity contribution >= 4 is 28.5 Å². The van der Waals surface area contributed by atoms with Crippen molar-refractivity contribution in [3.05, 3.63) is 29.5 Å². The van der Waals surface area contributed by atoms with Gasteiger partial charge >= 0.3 is 5.97 Å². The van der Waals surface area contributed by atoms with Gasteiger partial charge in [0.1, 0.15) is 11.3 Å². The molecule has 0 aliphatic heterocycles. The number of hydrogen-bond donors (Lipinski definition) is 1. The number of rotatable bonds is 3. The Morgan fingerprint density at radius 2 is 2.31 bits per heavy atom. The minimum absolute atomic E-state index is 0.305. The van der Waals surface area contributed by atoms with Crippen molar-refractivity contribution in [1.29, 1.82) is 0 Å². The zero-order valence-corrected chi connectivity index (χ0v) is 9.19. The second-order valence-electron chi connectivity index (χ2n) is 3.34. The number of carboxylic acids is 1. The molecule has 1 aromatic carbocycles. The summed E-state index contributed by atoms with van der Waals surface area (Å²) in [5.74, 6) is -0.741. The molecule has 5 heteroatoms. The van der Waals surface area contributed by atoms with Crippen molar-refractivity contribution in [1.82, 2.24) is 0 Å². The fourth-order valence-corrected chi connectivity index (χ4v) is 1.51. The molecule has 84 valence electrons. The predicted octanol–water partition coefficient (Wildman–Crippen LogP) is 2.94. The lowest BCUT2D eigenvalue weighted by atomic mass is 10.2. The summed E-state index contributed by atoms with van der Waals surface area (Å²) in [4.78, 5) is 10.6. The van der Waals surface area contributed by atoms with Gasteiger partial charge in [0.15, 0.2) is 6.10 Å². The molecule has 2 rings (SSSR count). The van der Waals surface area contributed by atoms with Crippen LogP contribution in [0.25, 0.3) is 11.0 Å². The van der Waals surface area contributed by atoms with Gasteiger partial charge in [-0.2, -0.15) is 0 Å². The monoisotopic (exact) mass is 240 g/mol. The summed E-state index contributed by atoms with van der Waals surface area (Å²) in [6, 6.07) is 5.02. The van der Waals surface area contributed by atoms with Crippen LogP contribution in [0.15, 0.2) is 28.9 Å². The second kappa shape index (κ2) is 4.06. The number of carboxylic acid groups (broad SMARTS) is 1. The molecule has 16 heavy (non-hydrogen) atoms. The van der Waals surface area contributed by atoms with E-state index >= 15 is 0 Å². The number of carbonyl (C=O) groups is 1. The maximum Gasteiger partial charge on any atom is 0.344 e.